The summed E-state index contributed by atoms with van der Waals surface area (Å²) in [6.45, 7) is 0. The Labute approximate surface area is 70.2 Å². The van der Waals surface area contributed by atoms with Crippen molar-refractivity contribution >= 4 is 11.6 Å². The molecule has 0 saturated heterocycles. The zero-order valence-corrected chi connectivity index (χ0v) is 6.71. The van der Waals surface area contributed by atoms with Crippen LogP contribution in [0.5, 0.6) is 5.88 Å². The molecule has 1 aromatic rings. The van der Waals surface area contributed by atoms with Gasteiger partial charge in [-0.1, -0.05) is 17.7 Å². The molecule has 0 aromatic carbocycles. The van der Waals surface area contributed by atoms with E-state index >= 15 is 0 Å². The summed E-state index contributed by atoms with van der Waals surface area (Å²) in [4.78, 5) is 4.00. The number of hydrogen-bond donors (Lipinski definition) is 0. The van der Waals surface area contributed by atoms with Gasteiger partial charge in [-0.05, 0) is 18.9 Å². The summed E-state index contributed by atoms with van der Waals surface area (Å²) in [6, 6.07) is 5.40. The molecule has 11 heavy (non-hydrogen) atoms. The van der Waals surface area contributed by atoms with Gasteiger partial charge >= 0.3 is 0 Å². The first-order valence-electron chi connectivity index (χ1n) is 3.64. The van der Waals surface area contributed by atoms with Crippen LogP contribution in [0.3, 0.4) is 0 Å². The Balaban J connectivity index is 2.10. The molecule has 58 valence electrons. The number of halogens is 1. The molecule has 1 aliphatic rings. The lowest BCUT2D eigenvalue weighted by Gasteiger charge is -2.01. The summed E-state index contributed by atoms with van der Waals surface area (Å²) in [5.41, 5.74) is 0. The Bertz CT molecular complexity index is 260. The molecule has 1 heterocycles. The lowest BCUT2D eigenvalue weighted by molar-refractivity contribution is 0.291. The molecule has 0 N–H and O–H groups in total. The van der Waals surface area contributed by atoms with Gasteiger partial charge in [0.1, 0.15) is 11.3 Å². The van der Waals surface area contributed by atoms with E-state index in [0.29, 0.717) is 17.1 Å². The van der Waals surface area contributed by atoms with Crippen LogP contribution in [0.4, 0.5) is 0 Å². The van der Waals surface area contributed by atoms with E-state index in [1.807, 2.05) is 12.1 Å². The van der Waals surface area contributed by atoms with E-state index in [1.165, 1.54) is 0 Å². The van der Waals surface area contributed by atoms with E-state index in [0.717, 1.165) is 12.8 Å². The Morgan fingerprint density at radius 1 is 1.45 bits per heavy atom. The maximum atomic E-state index is 5.66. The molecule has 0 amide bonds. The van der Waals surface area contributed by atoms with Crippen molar-refractivity contribution in [3.8, 4) is 5.88 Å². The van der Waals surface area contributed by atoms with Crippen LogP contribution in [0.15, 0.2) is 18.2 Å². The molecule has 0 aliphatic heterocycles. The van der Waals surface area contributed by atoms with Crippen LogP contribution in [0, 0.1) is 0 Å². The number of hydrogen-bond acceptors (Lipinski definition) is 2. The van der Waals surface area contributed by atoms with E-state index < -0.39 is 0 Å². The summed E-state index contributed by atoms with van der Waals surface area (Å²) in [6.07, 6.45) is 2.68. The Hall–Kier alpha value is -0.760. The number of pyridine rings is 1. The van der Waals surface area contributed by atoms with E-state index in [-0.39, 0.29) is 0 Å². The Kier molecular flexibility index (Phi) is 1.70. The van der Waals surface area contributed by atoms with Crippen molar-refractivity contribution in [2.24, 2.45) is 0 Å². The van der Waals surface area contributed by atoms with Gasteiger partial charge in [-0.2, -0.15) is 0 Å². The van der Waals surface area contributed by atoms with Gasteiger partial charge in [0.2, 0.25) is 5.88 Å². The highest BCUT2D eigenvalue weighted by Crippen LogP contribution is 2.25. The van der Waals surface area contributed by atoms with Crippen LogP contribution in [-0.2, 0) is 0 Å². The van der Waals surface area contributed by atoms with Crippen molar-refractivity contribution in [1.82, 2.24) is 4.98 Å². The van der Waals surface area contributed by atoms with Crippen molar-refractivity contribution in [2.45, 2.75) is 18.9 Å². The molecule has 0 atom stereocenters. The third-order valence-corrected chi connectivity index (χ3v) is 1.71. The SMILES string of the molecule is Clc1cccc(OC2CC2)n1. The molecule has 2 rings (SSSR count). The van der Waals surface area contributed by atoms with Crippen LogP contribution >= 0.6 is 11.6 Å². The van der Waals surface area contributed by atoms with Gasteiger partial charge in [0.05, 0.1) is 0 Å². The van der Waals surface area contributed by atoms with Crippen molar-refractivity contribution in [2.75, 3.05) is 0 Å². The minimum atomic E-state index is 0.390. The lowest BCUT2D eigenvalue weighted by Crippen LogP contribution is -1.97. The van der Waals surface area contributed by atoms with Gasteiger partial charge in [-0.15, -0.1) is 0 Å². The number of ether oxygens (including phenoxy) is 1. The van der Waals surface area contributed by atoms with Gasteiger partial charge in [0.15, 0.2) is 0 Å². The zero-order valence-electron chi connectivity index (χ0n) is 5.96. The molecule has 1 aliphatic carbocycles. The fourth-order valence-electron chi connectivity index (χ4n) is 0.812. The van der Waals surface area contributed by atoms with Crippen LogP contribution in [0.1, 0.15) is 12.8 Å². The number of aromatic nitrogens is 1. The standard InChI is InChI=1S/C8H8ClNO/c9-7-2-1-3-8(10-7)11-6-4-5-6/h1-3,6H,4-5H2. The number of rotatable bonds is 2. The first-order chi connectivity index (χ1) is 5.34. The first-order valence-corrected chi connectivity index (χ1v) is 4.01. The minimum absolute atomic E-state index is 0.390. The van der Waals surface area contributed by atoms with E-state index in [2.05, 4.69) is 4.98 Å². The topological polar surface area (TPSA) is 22.1 Å². The normalized spacial score (nSPS) is 16.5. The highest BCUT2D eigenvalue weighted by molar-refractivity contribution is 6.29. The van der Waals surface area contributed by atoms with Gasteiger partial charge in [-0.3, -0.25) is 0 Å². The third kappa shape index (κ3) is 1.84. The molecule has 1 saturated carbocycles. The summed E-state index contributed by atoms with van der Waals surface area (Å²) in [5.74, 6) is 0.639. The van der Waals surface area contributed by atoms with Gasteiger partial charge in [0, 0.05) is 6.07 Å². The minimum Gasteiger partial charge on any atom is -0.474 e. The van der Waals surface area contributed by atoms with Gasteiger partial charge in [0.25, 0.3) is 0 Å². The lowest BCUT2D eigenvalue weighted by atomic mass is 10.5. The predicted molar refractivity (Wildman–Crippen MR) is 42.9 cm³/mol. The fraction of sp³-hybridized carbons (Fsp3) is 0.375. The summed E-state index contributed by atoms with van der Waals surface area (Å²) in [5, 5.41) is 0.489. The van der Waals surface area contributed by atoms with Crippen LogP contribution in [0.2, 0.25) is 5.15 Å². The molecular formula is C8H8ClNO. The quantitative estimate of drug-likeness (QED) is 0.634. The predicted octanol–water partition coefficient (Wildman–Crippen LogP) is 2.28. The van der Waals surface area contributed by atoms with E-state index in [9.17, 15) is 0 Å². The fourth-order valence-corrected chi connectivity index (χ4v) is 0.968. The summed E-state index contributed by atoms with van der Waals surface area (Å²) >= 11 is 5.66. The molecule has 1 fully saturated rings. The van der Waals surface area contributed by atoms with E-state index in [4.69, 9.17) is 16.3 Å². The van der Waals surface area contributed by atoms with Crippen molar-refractivity contribution < 1.29 is 4.74 Å². The molecule has 0 radical (unpaired) electrons. The third-order valence-electron chi connectivity index (χ3n) is 1.50. The van der Waals surface area contributed by atoms with Crippen molar-refractivity contribution in [1.29, 1.82) is 0 Å². The average molecular weight is 170 g/mol. The van der Waals surface area contributed by atoms with Gasteiger partial charge in [-0.25, -0.2) is 4.98 Å². The molecule has 0 bridgehead atoms. The molecule has 3 heteroatoms. The van der Waals surface area contributed by atoms with Crippen LogP contribution < -0.4 is 4.74 Å². The van der Waals surface area contributed by atoms with Crippen molar-refractivity contribution in [3.63, 3.8) is 0 Å². The smallest absolute Gasteiger partial charge is 0.214 e. The molecule has 1 aromatic heterocycles. The second-order valence-corrected chi connectivity index (χ2v) is 3.00. The van der Waals surface area contributed by atoms with Gasteiger partial charge < -0.3 is 4.74 Å². The molecular weight excluding hydrogens is 162 g/mol. The molecule has 2 nitrogen and oxygen atoms in total. The number of nitrogens with zero attached hydrogens (tertiary/aromatic N) is 1. The maximum absolute atomic E-state index is 5.66. The average Bonchev–Trinajstić information content (AvgIpc) is 2.71. The zero-order chi connectivity index (χ0) is 7.68. The van der Waals surface area contributed by atoms with Crippen molar-refractivity contribution in [3.05, 3.63) is 23.4 Å². The second-order valence-electron chi connectivity index (χ2n) is 2.62. The summed E-state index contributed by atoms with van der Waals surface area (Å²) in [7, 11) is 0. The maximum Gasteiger partial charge on any atom is 0.214 e. The van der Waals surface area contributed by atoms with Crippen LogP contribution in [-0.4, -0.2) is 11.1 Å². The largest absolute Gasteiger partial charge is 0.474 e. The van der Waals surface area contributed by atoms with E-state index in [1.54, 1.807) is 6.07 Å². The monoisotopic (exact) mass is 169 g/mol. The highest BCUT2D eigenvalue weighted by atomic mass is 35.5. The molecule has 0 spiro atoms. The Morgan fingerprint density at radius 3 is 2.91 bits per heavy atom. The first kappa shape index (κ1) is 6.92. The van der Waals surface area contributed by atoms with Crippen LogP contribution in [0.25, 0.3) is 0 Å². The Morgan fingerprint density at radius 2 is 2.27 bits per heavy atom. The molecule has 0 unspecified atom stereocenters. The second kappa shape index (κ2) is 2.70. The summed E-state index contributed by atoms with van der Waals surface area (Å²) < 4.78 is 5.41. The highest BCUT2D eigenvalue weighted by Gasteiger charge is 2.23.